The number of ether oxygens (including phenoxy) is 1. The lowest BCUT2D eigenvalue weighted by Gasteiger charge is -2.27. The molecule has 1 aromatic rings. The van der Waals surface area contributed by atoms with Gasteiger partial charge in [-0.3, -0.25) is 4.57 Å². The zero-order valence-corrected chi connectivity index (χ0v) is 14.6. The highest BCUT2D eigenvalue weighted by Gasteiger charge is 2.35. The largest absolute Gasteiger partial charge is 0.381 e. The van der Waals surface area contributed by atoms with Crippen LogP contribution in [0.5, 0.6) is 0 Å². The van der Waals surface area contributed by atoms with Crippen LogP contribution in [0.15, 0.2) is 0 Å². The van der Waals surface area contributed by atoms with Crippen LogP contribution in [0.1, 0.15) is 57.7 Å². The van der Waals surface area contributed by atoms with Crippen LogP contribution in [0, 0.1) is 17.8 Å². The number of hydrogen-bond donors (Lipinski definition) is 0. The average molecular weight is 318 g/mol. The van der Waals surface area contributed by atoms with E-state index in [4.69, 9.17) is 4.74 Å². The molecule has 1 aliphatic carbocycles. The van der Waals surface area contributed by atoms with Crippen molar-refractivity contribution < 1.29 is 4.74 Å². The maximum Gasteiger partial charge on any atom is 0.227 e. The molecule has 3 fully saturated rings. The van der Waals surface area contributed by atoms with Crippen molar-refractivity contribution in [3.05, 3.63) is 5.82 Å². The highest BCUT2D eigenvalue weighted by Crippen LogP contribution is 2.41. The highest BCUT2D eigenvalue weighted by molar-refractivity contribution is 5.34. The first-order valence-electron chi connectivity index (χ1n) is 9.48. The fourth-order valence-electron chi connectivity index (χ4n) is 4.27. The summed E-state index contributed by atoms with van der Waals surface area (Å²) in [6, 6.07) is 0. The van der Waals surface area contributed by atoms with Crippen molar-refractivity contribution in [1.29, 1.82) is 0 Å². The Morgan fingerprint density at radius 1 is 1.04 bits per heavy atom. The van der Waals surface area contributed by atoms with Crippen LogP contribution >= 0.6 is 0 Å². The van der Waals surface area contributed by atoms with Gasteiger partial charge < -0.3 is 9.64 Å². The Hall–Kier alpha value is -1.10. The van der Waals surface area contributed by atoms with Gasteiger partial charge in [-0.05, 0) is 49.9 Å². The molecule has 3 heterocycles. The minimum atomic E-state index is 0.635. The molecule has 1 saturated carbocycles. The van der Waals surface area contributed by atoms with Gasteiger partial charge in [-0.2, -0.15) is 0 Å². The Balaban J connectivity index is 1.49. The summed E-state index contributed by atoms with van der Waals surface area (Å²) in [7, 11) is 0. The van der Waals surface area contributed by atoms with Gasteiger partial charge >= 0.3 is 0 Å². The number of nitrogens with zero attached hydrogens (tertiary/aromatic N) is 4. The number of anilines is 1. The van der Waals surface area contributed by atoms with Crippen molar-refractivity contribution in [3.63, 3.8) is 0 Å². The molecule has 0 spiro atoms. The van der Waals surface area contributed by atoms with E-state index in [1.54, 1.807) is 0 Å². The van der Waals surface area contributed by atoms with Crippen LogP contribution in [-0.2, 0) is 11.3 Å². The van der Waals surface area contributed by atoms with Crippen LogP contribution in [0.2, 0.25) is 0 Å². The van der Waals surface area contributed by atoms with Crippen LogP contribution in [-0.4, -0.2) is 41.1 Å². The summed E-state index contributed by atoms with van der Waals surface area (Å²) >= 11 is 0. The van der Waals surface area contributed by atoms with Gasteiger partial charge in [0.1, 0.15) is 5.82 Å². The third-order valence-corrected chi connectivity index (χ3v) is 5.69. The van der Waals surface area contributed by atoms with Gasteiger partial charge in [0, 0.05) is 38.8 Å². The molecule has 0 bridgehead atoms. The second-order valence-corrected chi connectivity index (χ2v) is 8.08. The SMILES string of the molecule is CC(C)Cn1c(C2CC2)nnc1N1CCC(C2CCOCC2)C1. The highest BCUT2D eigenvalue weighted by atomic mass is 16.5. The van der Waals surface area contributed by atoms with Crippen molar-refractivity contribution in [2.24, 2.45) is 17.8 Å². The summed E-state index contributed by atoms with van der Waals surface area (Å²) in [6.07, 6.45) is 6.37. The lowest BCUT2D eigenvalue weighted by molar-refractivity contribution is 0.0500. The van der Waals surface area contributed by atoms with Gasteiger partial charge in [0.15, 0.2) is 0 Å². The van der Waals surface area contributed by atoms with E-state index in [-0.39, 0.29) is 0 Å². The first-order valence-corrected chi connectivity index (χ1v) is 9.48. The van der Waals surface area contributed by atoms with E-state index in [0.717, 1.165) is 50.6 Å². The van der Waals surface area contributed by atoms with E-state index in [0.29, 0.717) is 11.8 Å². The molecule has 5 heteroatoms. The Bertz CT molecular complexity index is 531. The molecular formula is C18H30N4O. The van der Waals surface area contributed by atoms with Crippen LogP contribution in [0.4, 0.5) is 5.95 Å². The van der Waals surface area contributed by atoms with Gasteiger partial charge in [0.25, 0.3) is 0 Å². The zero-order chi connectivity index (χ0) is 15.8. The van der Waals surface area contributed by atoms with Crippen molar-refractivity contribution in [3.8, 4) is 0 Å². The predicted molar refractivity (Wildman–Crippen MR) is 90.7 cm³/mol. The molecule has 5 nitrogen and oxygen atoms in total. The summed E-state index contributed by atoms with van der Waals surface area (Å²) in [6.45, 7) is 9.83. The minimum Gasteiger partial charge on any atom is -0.381 e. The van der Waals surface area contributed by atoms with Gasteiger partial charge in [0.2, 0.25) is 5.95 Å². The second-order valence-electron chi connectivity index (χ2n) is 8.08. The summed E-state index contributed by atoms with van der Waals surface area (Å²) in [5.74, 6) is 5.34. The maximum absolute atomic E-state index is 5.53. The first-order chi connectivity index (χ1) is 11.2. The molecule has 2 saturated heterocycles. The van der Waals surface area contributed by atoms with E-state index in [1.165, 1.54) is 37.9 Å². The number of rotatable bonds is 5. The quantitative estimate of drug-likeness (QED) is 0.837. The summed E-state index contributed by atoms with van der Waals surface area (Å²) in [5.41, 5.74) is 0. The monoisotopic (exact) mass is 318 g/mol. The molecule has 0 aromatic carbocycles. The molecule has 0 amide bonds. The summed E-state index contributed by atoms with van der Waals surface area (Å²) in [5, 5.41) is 9.17. The smallest absolute Gasteiger partial charge is 0.227 e. The van der Waals surface area contributed by atoms with Crippen LogP contribution in [0.3, 0.4) is 0 Å². The Kier molecular flexibility index (Phi) is 4.31. The number of hydrogen-bond acceptors (Lipinski definition) is 4. The van der Waals surface area contributed by atoms with Gasteiger partial charge in [-0.15, -0.1) is 10.2 Å². The average Bonchev–Trinajstić information content (AvgIpc) is 3.13. The third-order valence-electron chi connectivity index (χ3n) is 5.69. The van der Waals surface area contributed by atoms with Crippen molar-refractivity contribution in [1.82, 2.24) is 14.8 Å². The topological polar surface area (TPSA) is 43.2 Å². The molecular weight excluding hydrogens is 288 g/mol. The molecule has 1 aromatic heterocycles. The molecule has 23 heavy (non-hydrogen) atoms. The zero-order valence-electron chi connectivity index (χ0n) is 14.6. The van der Waals surface area contributed by atoms with Gasteiger partial charge in [-0.25, -0.2) is 0 Å². The van der Waals surface area contributed by atoms with E-state index >= 15 is 0 Å². The number of aromatic nitrogens is 3. The molecule has 0 radical (unpaired) electrons. The molecule has 1 unspecified atom stereocenters. The van der Waals surface area contributed by atoms with Crippen LogP contribution < -0.4 is 4.90 Å². The van der Waals surface area contributed by atoms with E-state index in [1.807, 2.05) is 0 Å². The fourth-order valence-corrected chi connectivity index (χ4v) is 4.27. The van der Waals surface area contributed by atoms with Crippen molar-refractivity contribution in [2.75, 3.05) is 31.2 Å². The van der Waals surface area contributed by atoms with Crippen molar-refractivity contribution in [2.45, 2.75) is 58.4 Å². The minimum absolute atomic E-state index is 0.635. The molecule has 4 rings (SSSR count). The Morgan fingerprint density at radius 2 is 1.83 bits per heavy atom. The first kappa shape index (κ1) is 15.4. The van der Waals surface area contributed by atoms with E-state index in [2.05, 4.69) is 33.5 Å². The van der Waals surface area contributed by atoms with E-state index < -0.39 is 0 Å². The lowest BCUT2D eigenvalue weighted by atomic mass is 9.85. The van der Waals surface area contributed by atoms with Crippen LogP contribution in [0.25, 0.3) is 0 Å². The molecule has 2 aliphatic heterocycles. The summed E-state index contributed by atoms with van der Waals surface area (Å²) in [4.78, 5) is 2.50. The Labute approximate surface area is 139 Å². The Morgan fingerprint density at radius 3 is 2.52 bits per heavy atom. The van der Waals surface area contributed by atoms with Crippen molar-refractivity contribution >= 4 is 5.95 Å². The normalized spacial score (nSPS) is 26.4. The standard InChI is InChI=1S/C18H30N4O/c1-13(2)11-22-17(15-3-4-15)19-20-18(22)21-8-5-16(12-21)14-6-9-23-10-7-14/h13-16H,3-12H2,1-2H3. The fraction of sp³-hybridized carbons (Fsp3) is 0.889. The predicted octanol–water partition coefficient (Wildman–Crippen LogP) is 3.06. The van der Waals surface area contributed by atoms with E-state index in [9.17, 15) is 0 Å². The molecule has 3 aliphatic rings. The molecule has 128 valence electrons. The second kappa shape index (κ2) is 6.42. The van der Waals surface area contributed by atoms with Gasteiger partial charge in [0.05, 0.1) is 0 Å². The third kappa shape index (κ3) is 3.25. The molecule has 0 N–H and O–H groups in total. The van der Waals surface area contributed by atoms with Gasteiger partial charge in [-0.1, -0.05) is 13.8 Å². The maximum atomic E-state index is 5.53. The molecule has 1 atom stereocenters. The summed E-state index contributed by atoms with van der Waals surface area (Å²) < 4.78 is 7.96. The lowest BCUT2D eigenvalue weighted by Crippen LogP contribution is -2.28.